The molecule has 1 aromatic rings. The van der Waals surface area contributed by atoms with Gasteiger partial charge in [0.2, 0.25) is 0 Å². The molecule has 7 nitrogen and oxygen atoms in total. The van der Waals surface area contributed by atoms with Crippen LogP contribution in [0.2, 0.25) is 0 Å². The Balaban J connectivity index is -0.000000521. The third-order valence-corrected chi connectivity index (χ3v) is 3.57. The number of alkyl halides is 1. The van der Waals surface area contributed by atoms with Crippen LogP contribution >= 0.6 is 11.8 Å². The minimum Gasteiger partial charge on any atom is -0.491 e. The Morgan fingerprint density at radius 2 is 1.93 bits per heavy atom. The summed E-state index contributed by atoms with van der Waals surface area (Å²) in [7, 11) is 5.02. The van der Waals surface area contributed by atoms with Crippen molar-refractivity contribution in [1.29, 1.82) is 0 Å². The number of methoxy groups -OCH3 is 1. The van der Waals surface area contributed by atoms with Gasteiger partial charge in [0, 0.05) is 38.9 Å². The Morgan fingerprint density at radius 3 is 2.36 bits per heavy atom. The van der Waals surface area contributed by atoms with Gasteiger partial charge >= 0.3 is 0 Å². The van der Waals surface area contributed by atoms with E-state index >= 15 is 0 Å². The van der Waals surface area contributed by atoms with Gasteiger partial charge in [-0.3, -0.25) is 0 Å². The number of halogens is 1. The third-order valence-electron chi connectivity index (χ3n) is 2.44. The number of aldehydes is 2. The molecule has 0 radical (unpaired) electrons. The van der Waals surface area contributed by atoms with Crippen LogP contribution in [0.15, 0.2) is 24.3 Å². The number of aliphatic hydroxyl groups is 1. The highest BCUT2D eigenvalue weighted by atomic mass is 32.2. The Bertz CT molecular complexity index is 454. The van der Waals surface area contributed by atoms with Crippen LogP contribution in [-0.4, -0.2) is 77.2 Å². The average Bonchev–Trinajstić information content (AvgIpc) is 2.71. The largest absolute Gasteiger partial charge is 0.491 e. The molecule has 1 rings (SSSR count). The normalized spacial score (nSPS) is 9.96. The van der Waals surface area contributed by atoms with E-state index in [1.165, 1.54) is 0 Å². The minimum absolute atomic E-state index is 0.0869. The number of hydrogen-bond donors (Lipinski definition) is 3. The molecule has 0 spiro atoms. The zero-order valence-electron chi connectivity index (χ0n) is 17.2. The van der Waals surface area contributed by atoms with Crippen LogP contribution in [0.25, 0.3) is 0 Å². The first-order valence-electron chi connectivity index (χ1n) is 8.67. The van der Waals surface area contributed by atoms with Crippen molar-refractivity contribution in [3.63, 3.8) is 0 Å². The molecule has 0 heterocycles. The fraction of sp³-hybridized carbons (Fsp3) is 0.579. The van der Waals surface area contributed by atoms with E-state index in [0.717, 1.165) is 23.4 Å². The topological polar surface area (TPSA) is 111 Å². The number of rotatable bonds is 10. The second-order valence-corrected chi connectivity index (χ2v) is 5.89. The molecule has 0 saturated carbocycles. The second-order valence-electron chi connectivity index (χ2n) is 4.86. The zero-order valence-corrected chi connectivity index (χ0v) is 18.0. The number of carbonyl (C=O) groups excluding carboxylic acids is 2. The van der Waals surface area contributed by atoms with Crippen molar-refractivity contribution >= 4 is 24.3 Å². The molecule has 1 unspecified atom stereocenters. The first-order chi connectivity index (χ1) is 13.5. The first-order valence-corrected chi connectivity index (χ1v) is 9.83. The molecule has 0 fully saturated rings. The summed E-state index contributed by atoms with van der Waals surface area (Å²) >= 11 is 1.67. The van der Waals surface area contributed by atoms with Crippen molar-refractivity contribution in [3.05, 3.63) is 29.8 Å². The number of ether oxygens (including phenoxy) is 2. The fourth-order valence-corrected chi connectivity index (χ4v) is 2.41. The highest BCUT2D eigenvalue weighted by Crippen LogP contribution is 2.18. The Labute approximate surface area is 172 Å². The van der Waals surface area contributed by atoms with Crippen molar-refractivity contribution in [1.82, 2.24) is 5.32 Å². The van der Waals surface area contributed by atoms with Gasteiger partial charge in [-0.15, -0.1) is 0 Å². The van der Waals surface area contributed by atoms with E-state index in [1.807, 2.05) is 24.3 Å². The SMILES string of the molecule is CCO.CNC(C=O)CSCc1cccc(OCCF)c1.COC.NCC=O. The van der Waals surface area contributed by atoms with Crippen LogP contribution in [0.1, 0.15) is 12.5 Å². The van der Waals surface area contributed by atoms with Crippen LogP contribution in [0.3, 0.4) is 0 Å². The number of benzene rings is 1. The van der Waals surface area contributed by atoms with Crippen LogP contribution in [0, 0.1) is 0 Å². The van der Waals surface area contributed by atoms with Crippen molar-refractivity contribution < 1.29 is 28.6 Å². The summed E-state index contributed by atoms with van der Waals surface area (Å²) < 4.78 is 21.4. The summed E-state index contributed by atoms with van der Waals surface area (Å²) in [4.78, 5) is 19.7. The summed E-state index contributed by atoms with van der Waals surface area (Å²) in [6, 6.07) is 7.48. The highest BCUT2D eigenvalue weighted by Gasteiger charge is 2.04. The monoisotopic (exact) mass is 422 g/mol. The van der Waals surface area contributed by atoms with Gasteiger partial charge < -0.3 is 35.2 Å². The van der Waals surface area contributed by atoms with E-state index < -0.39 is 6.67 Å². The van der Waals surface area contributed by atoms with Crippen molar-refractivity contribution in [3.8, 4) is 5.75 Å². The Hall–Kier alpha value is -1.52. The van der Waals surface area contributed by atoms with E-state index in [9.17, 15) is 9.18 Å². The van der Waals surface area contributed by atoms with E-state index in [1.54, 1.807) is 40.0 Å². The lowest BCUT2D eigenvalue weighted by molar-refractivity contribution is -0.109. The van der Waals surface area contributed by atoms with Gasteiger partial charge in [0.1, 0.15) is 31.6 Å². The lowest BCUT2D eigenvalue weighted by atomic mass is 10.2. The van der Waals surface area contributed by atoms with Crippen LogP contribution < -0.4 is 15.8 Å². The number of thioether (sulfide) groups is 1. The summed E-state index contributed by atoms with van der Waals surface area (Å²) in [6.07, 6.45) is 1.56. The number of hydrogen-bond acceptors (Lipinski definition) is 8. The molecule has 9 heteroatoms. The minimum atomic E-state index is -0.484. The number of likely N-dealkylation sites (N-methyl/N-ethyl adjacent to an activating group) is 1. The third kappa shape index (κ3) is 24.5. The van der Waals surface area contributed by atoms with Crippen molar-refractivity contribution in [2.45, 2.75) is 18.7 Å². The van der Waals surface area contributed by atoms with E-state index in [2.05, 4.69) is 15.8 Å². The van der Waals surface area contributed by atoms with E-state index in [-0.39, 0.29) is 25.8 Å². The number of carbonyl (C=O) groups is 2. The molecule has 0 saturated heterocycles. The van der Waals surface area contributed by atoms with Crippen LogP contribution in [0.4, 0.5) is 4.39 Å². The van der Waals surface area contributed by atoms with Gasteiger partial charge in [-0.25, -0.2) is 4.39 Å². The molecule has 0 amide bonds. The molecular formula is C19H35FN2O5S. The van der Waals surface area contributed by atoms with Crippen molar-refractivity contribution in [2.24, 2.45) is 5.73 Å². The molecule has 4 N–H and O–H groups in total. The Kier molecular flexibility index (Phi) is 30.8. The maximum atomic E-state index is 12.0. The molecule has 0 aliphatic carbocycles. The second kappa shape index (κ2) is 27.7. The maximum absolute atomic E-state index is 12.0. The molecule has 0 bridgehead atoms. The zero-order chi connectivity index (χ0) is 22.0. The standard InChI is InChI=1S/C13H18FNO2S.C2H5NO.2C2H6O/c1-15-12(8-16)10-18-9-11-3-2-4-13(7-11)17-6-5-14;3-1-2-4;1-3-2;1-2-3/h2-4,7-8,12,15H,5-6,9-10H2,1H3;2H,1,3H2;1-2H3;3H,2H2,1H3. The quantitative estimate of drug-likeness (QED) is 0.486. The van der Waals surface area contributed by atoms with Gasteiger partial charge in [0.05, 0.1) is 6.04 Å². The number of nitrogens with one attached hydrogen (secondary N) is 1. The number of nitrogens with two attached hydrogens (primary N) is 1. The molecule has 28 heavy (non-hydrogen) atoms. The molecule has 0 aliphatic heterocycles. The summed E-state index contributed by atoms with van der Waals surface area (Å²) in [5, 5.41) is 10.5. The molecular weight excluding hydrogens is 387 g/mol. The van der Waals surface area contributed by atoms with E-state index in [0.29, 0.717) is 12.0 Å². The first kappa shape index (κ1) is 31.2. The van der Waals surface area contributed by atoms with E-state index in [4.69, 9.17) is 14.6 Å². The molecule has 0 aromatic heterocycles. The van der Waals surface area contributed by atoms with Crippen molar-refractivity contribution in [2.75, 3.05) is 53.5 Å². The van der Waals surface area contributed by atoms with Gasteiger partial charge in [-0.05, 0) is 31.7 Å². The number of aliphatic hydroxyl groups excluding tert-OH is 1. The Morgan fingerprint density at radius 1 is 1.36 bits per heavy atom. The lowest BCUT2D eigenvalue weighted by Gasteiger charge is -2.09. The van der Waals surface area contributed by atoms with Gasteiger partial charge in [0.15, 0.2) is 0 Å². The van der Waals surface area contributed by atoms with Crippen LogP contribution in [0.5, 0.6) is 5.75 Å². The van der Waals surface area contributed by atoms with Crippen LogP contribution in [-0.2, 0) is 20.1 Å². The molecule has 164 valence electrons. The molecule has 1 atom stereocenters. The molecule has 1 aromatic carbocycles. The fourth-order valence-electron chi connectivity index (χ4n) is 1.38. The average molecular weight is 423 g/mol. The summed E-state index contributed by atoms with van der Waals surface area (Å²) in [5.74, 6) is 2.22. The van der Waals surface area contributed by atoms with Gasteiger partial charge in [-0.1, -0.05) is 12.1 Å². The maximum Gasteiger partial charge on any atom is 0.137 e. The lowest BCUT2D eigenvalue weighted by Crippen LogP contribution is -2.28. The predicted octanol–water partition coefficient (Wildman–Crippen LogP) is 1.46. The summed E-state index contributed by atoms with van der Waals surface area (Å²) in [6.45, 7) is 1.67. The highest BCUT2D eigenvalue weighted by molar-refractivity contribution is 7.98. The van der Waals surface area contributed by atoms with Gasteiger partial charge in [0.25, 0.3) is 0 Å². The van der Waals surface area contributed by atoms with Gasteiger partial charge in [-0.2, -0.15) is 11.8 Å². The molecule has 0 aliphatic rings. The smallest absolute Gasteiger partial charge is 0.137 e. The predicted molar refractivity (Wildman–Crippen MR) is 114 cm³/mol. The summed E-state index contributed by atoms with van der Waals surface area (Å²) in [5.41, 5.74) is 5.77.